The molecule has 0 bridgehead atoms. The second-order valence-electron chi connectivity index (χ2n) is 6.59. The molecular weight excluding hydrogens is 280 g/mol. The van der Waals surface area contributed by atoms with Crippen LogP contribution in [0.4, 0.5) is 0 Å². The second kappa shape index (κ2) is 7.13. The first kappa shape index (κ1) is 15.3. The van der Waals surface area contributed by atoms with E-state index in [1.54, 1.807) is 0 Å². The normalized spacial score (nSPS) is 30.7. The van der Waals surface area contributed by atoms with Crippen LogP contribution in [0.15, 0.2) is 24.3 Å². The summed E-state index contributed by atoms with van der Waals surface area (Å²) in [5, 5.41) is 8.49. The van der Waals surface area contributed by atoms with Gasteiger partial charge in [-0.3, -0.25) is 0 Å². The summed E-state index contributed by atoms with van der Waals surface area (Å²) in [6.07, 6.45) is 7.88. The molecule has 0 aromatic heterocycles. The molecule has 2 N–H and O–H groups in total. The molecule has 4 atom stereocenters. The molecule has 2 nitrogen and oxygen atoms in total. The molecule has 21 heavy (non-hydrogen) atoms. The SMILES string of the molecule is CCC(NC1CCCC1C1CCCN1)c1cccc(Cl)c1. The highest BCUT2D eigenvalue weighted by atomic mass is 35.5. The molecule has 1 aromatic rings. The van der Waals surface area contributed by atoms with E-state index in [0.717, 1.165) is 23.4 Å². The molecule has 1 saturated heterocycles. The molecule has 0 radical (unpaired) electrons. The van der Waals surface area contributed by atoms with E-state index in [9.17, 15) is 0 Å². The zero-order valence-corrected chi connectivity index (χ0v) is 13.7. The Kier molecular flexibility index (Phi) is 5.20. The maximum atomic E-state index is 6.16. The van der Waals surface area contributed by atoms with E-state index < -0.39 is 0 Å². The molecule has 2 aliphatic rings. The van der Waals surface area contributed by atoms with Crippen LogP contribution in [-0.2, 0) is 0 Å². The minimum atomic E-state index is 0.427. The Labute approximate surface area is 133 Å². The van der Waals surface area contributed by atoms with Crippen LogP contribution in [-0.4, -0.2) is 18.6 Å². The Morgan fingerprint density at radius 3 is 2.90 bits per heavy atom. The average Bonchev–Trinajstić information content (AvgIpc) is 3.15. The fourth-order valence-corrected chi connectivity index (χ4v) is 4.38. The maximum Gasteiger partial charge on any atom is 0.0409 e. The van der Waals surface area contributed by atoms with Crippen molar-refractivity contribution in [1.82, 2.24) is 10.6 Å². The average molecular weight is 307 g/mol. The molecule has 3 rings (SSSR count). The van der Waals surface area contributed by atoms with E-state index in [0.29, 0.717) is 12.1 Å². The van der Waals surface area contributed by atoms with Crippen molar-refractivity contribution in [3.8, 4) is 0 Å². The molecule has 0 amide bonds. The lowest BCUT2D eigenvalue weighted by Crippen LogP contribution is -2.43. The fraction of sp³-hybridized carbons (Fsp3) is 0.667. The Balaban J connectivity index is 1.68. The number of benzene rings is 1. The van der Waals surface area contributed by atoms with E-state index in [4.69, 9.17) is 11.6 Å². The van der Waals surface area contributed by atoms with Crippen molar-refractivity contribution in [1.29, 1.82) is 0 Å². The van der Waals surface area contributed by atoms with Crippen LogP contribution in [0.1, 0.15) is 57.1 Å². The van der Waals surface area contributed by atoms with Gasteiger partial charge in [-0.05, 0) is 62.3 Å². The molecule has 1 aliphatic carbocycles. The van der Waals surface area contributed by atoms with Gasteiger partial charge in [0.05, 0.1) is 0 Å². The minimum absolute atomic E-state index is 0.427. The Morgan fingerprint density at radius 1 is 1.29 bits per heavy atom. The van der Waals surface area contributed by atoms with Crippen LogP contribution < -0.4 is 10.6 Å². The van der Waals surface area contributed by atoms with Gasteiger partial charge in [0.2, 0.25) is 0 Å². The Bertz CT molecular complexity index is 456. The van der Waals surface area contributed by atoms with Gasteiger partial charge in [-0.15, -0.1) is 0 Å². The first-order valence-electron chi connectivity index (χ1n) is 8.53. The molecule has 0 spiro atoms. The lowest BCUT2D eigenvalue weighted by molar-refractivity contribution is 0.295. The molecule has 3 heteroatoms. The standard InChI is InChI=1S/C18H27ClN2/c1-2-16(13-6-3-7-14(19)12-13)21-18-9-4-8-15(18)17-10-5-11-20-17/h3,6-7,12,15-18,20-21H,2,4-5,8-11H2,1H3. The summed E-state index contributed by atoms with van der Waals surface area (Å²) in [5.74, 6) is 0.806. The van der Waals surface area contributed by atoms with Gasteiger partial charge >= 0.3 is 0 Å². The molecule has 1 heterocycles. The Hall–Kier alpha value is -0.570. The lowest BCUT2D eigenvalue weighted by atomic mass is 9.91. The summed E-state index contributed by atoms with van der Waals surface area (Å²) in [7, 11) is 0. The van der Waals surface area contributed by atoms with Gasteiger partial charge in [0.25, 0.3) is 0 Å². The quantitative estimate of drug-likeness (QED) is 0.847. The van der Waals surface area contributed by atoms with Crippen molar-refractivity contribution in [2.24, 2.45) is 5.92 Å². The number of halogens is 1. The summed E-state index contributed by atoms with van der Waals surface area (Å²) in [4.78, 5) is 0. The van der Waals surface area contributed by atoms with E-state index in [-0.39, 0.29) is 0 Å². The van der Waals surface area contributed by atoms with E-state index in [1.165, 1.54) is 44.2 Å². The third-order valence-electron chi connectivity index (χ3n) is 5.26. The maximum absolute atomic E-state index is 6.16. The summed E-state index contributed by atoms with van der Waals surface area (Å²) in [5.41, 5.74) is 1.33. The highest BCUT2D eigenvalue weighted by molar-refractivity contribution is 6.30. The number of hydrogen-bond donors (Lipinski definition) is 2. The van der Waals surface area contributed by atoms with Gasteiger partial charge in [0, 0.05) is 23.1 Å². The topological polar surface area (TPSA) is 24.1 Å². The van der Waals surface area contributed by atoms with E-state index in [1.807, 2.05) is 6.07 Å². The minimum Gasteiger partial charge on any atom is -0.314 e. The number of hydrogen-bond acceptors (Lipinski definition) is 2. The zero-order chi connectivity index (χ0) is 14.7. The summed E-state index contributed by atoms with van der Waals surface area (Å²) < 4.78 is 0. The zero-order valence-electron chi connectivity index (χ0n) is 12.9. The van der Waals surface area contributed by atoms with Crippen LogP contribution in [0.25, 0.3) is 0 Å². The molecule has 1 aliphatic heterocycles. The summed E-state index contributed by atoms with van der Waals surface area (Å²) >= 11 is 6.16. The van der Waals surface area contributed by atoms with Crippen LogP contribution in [0.5, 0.6) is 0 Å². The fourth-order valence-electron chi connectivity index (χ4n) is 4.19. The van der Waals surface area contributed by atoms with Gasteiger partial charge in [-0.2, -0.15) is 0 Å². The summed E-state index contributed by atoms with van der Waals surface area (Å²) in [6, 6.07) is 10.2. The number of rotatable bonds is 5. The van der Waals surface area contributed by atoms with Gasteiger partial charge in [0.15, 0.2) is 0 Å². The molecular formula is C18H27ClN2. The smallest absolute Gasteiger partial charge is 0.0409 e. The van der Waals surface area contributed by atoms with Crippen LogP contribution in [0.3, 0.4) is 0 Å². The molecule has 116 valence electrons. The third-order valence-corrected chi connectivity index (χ3v) is 5.49. The van der Waals surface area contributed by atoms with Crippen LogP contribution in [0, 0.1) is 5.92 Å². The second-order valence-corrected chi connectivity index (χ2v) is 7.02. The van der Waals surface area contributed by atoms with Crippen molar-refractivity contribution in [2.45, 2.75) is 63.6 Å². The summed E-state index contributed by atoms with van der Waals surface area (Å²) in [6.45, 7) is 3.47. The monoisotopic (exact) mass is 306 g/mol. The lowest BCUT2D eigenvalue weighted by Gasteiger charge is -2.30. The molecule has 2 fully saturated rings. The molecule has 1 saturated carbocycles. The van der Waals surface area contributed by atoms with Gasteiger partial charge in [-0.25, -0.2) is 0 Å². The molecule has 1 aromatic carbocycles. The van der Waals surface area contributed by atoms with Crippen LogP contribution >= 0.6 is 11.6 Å². The molecule has 4 unspecified atom stereocenters. The van der Waals surface area contributed by atoms with Crippen molar-refractivity contribution in [3.63, 3.8) is 0 Å². The highest BCUT2D eigenvalue weighted by Crippen LogP contribution is 2.34. The first-order valence-corrected chi connectivity index (χ1v) is 8.90. The Morgan fingerprint density at radius 2 is 2.19 bits per heavy atom. The highest BCUT2D eigenvalue weighted by Gasteiger charge is 2.35. The van der Waals surface area contributed by atoms with Crippen molar-refractivity contribution in [2.75, 3.05) is 6.54 Å². The van der Waals surface area contributed by atoms with Crippen molar-refractivity contribution >= 4 is 11.6 Å². The largest absolute Gasteiger partial charge is 0.314 e. The van der Waals surface area contributed by atoms with Crippen molar-refractivity contribution < 1.29 is 0 Å². The van der Waals surface area contributed by atoms with Gasteiger partial charge in [0.1, 0.15) is 0 Å². The predicted molar refractivity (Wildman–Crippen MR) is 89.8 cm³/mol. The first-order chi connectivity index (χ1) is 10.3. The van der Waals surface area contributed by atoms with Crippen molar-refractivity contribution in [3.05, 3.63) is 34.9 Å². The van der Waals surface area contributed by atoms with E-state index >= 15 is 0 Å². The van der Waals surface area contributed by atoms with Gasteiger partial charge < -0.3 is 10.6 Å². The predicted octanol–water partition coefficient (Wildman–Crippen LogP) is 4.30. The third kappa shape index (κ3) is 3.61. The van der Waals surface area contributed by atoms with Crippen LogP contribution in [0.2, 0.25) is 5.02 Å². The van der Waals surface area contributed by atoms with Gasteiger partial charge in [-0.1, -0.05) is 37.1 Å². The number of nitrogens with one attached hydrogen (secondary N) is 2. The van der Waals surface area contributed by atoms with E-state index in [2.05, 4.69) is 35.8 Å².